The van der Waals surface area contributed by atoms with Gasteiger partial charge in [0.2, 0.25) is 11.1 Å². The van der Waals surface area contributed by atoms with Crippen LogP contribution < -0.4 is 10.1 Å². The summed E-state index contributed by atoms with van der Waals surface area (Å²) in [4.78, 5) is 21.4. The molecule has 0 aliphatic rings. The molecule has 0 atom stereocenters. The molecule has 4 rings (SSSR count). The van der Waals surface area contributed by atoms with Crippen molar-refractivity contribution in [2.75, 3.05) is 18.2 Å². The van der Waals surface area contributed by atoms with E-state index in [0.29, 0.717) is 28.8 Å². The molecule has 0 unspecified atom stereocenters. The van der Waals surface area contributed by atoms with Crippen LogP contribution in [0.5, 0.6) is 5.75 Å². The van der Waals surface area contributed by atoms with Crippen LogP contribution in [0, 0.1) is 13.8 Å². The number of benzene rings is 2. The molecule has 0 saturated heterocycles. The molecule has 0 spiro atoms. The Morgan fingerprint density at radius 1 is 1.16 bits per heavy atom. The standard InChI is InChI=1S/C23H22ClN5O2S/c1-14-19(11-16-7-4-5-10-20(16)24)15(2)29-22(25-14)27-23(28-29)32-13-21(30)26-17-8-6-9-18(12-17)31-3/h4-10,12H,11,13H2,1-3H3,(H,26,30). The summed E-state index contributed by atoms with van der Waals surface area (Å²) in [5, 5.41) is 8.63. The van der Waals surface area contributed by atoms with Gasteiger partial charge in [-0.05, 0) is 43.2 Å². The molecule has 164 valence electrons. The number of carbonyl (C=O) groups is 1. The summed E-state index contributed by atoms with van der Waals surface area (Å²) in [7, 11) is 1.59. The SMILES string of the molecule is COc1cccc(NC(=O)CSc2nc3nc(C)c(Cc4ccccc4Cl)c(C)n3n2)c1. The Morgan fingerprint density at radius 2 is 1.97 bits per heavy atom. The van der Waals surface area contributed by atoms with E-state index in [2.05, 4.69) is 20.4 Å². The van der Waals surface area contributed by atoms with Crippen molar-refractivity contribution in [3.05, 3.63) is 76.1 Å². The minimum Gasteiger partial charge on any atom is -0.497 e. The second-order valence-electron chi connectivity index (χ2n) is 7.20. The summed E-state index contributed by atoms with van der Waals surface area (Å²) < 4.78 is 6.90. The average molecular weight is 468 g/mol. The predicted octanol–water partition coefficient (Wildman–Crippen LogP) is 4.72. The van der Waals surface area contributed by atoms with E-state index in [1.165, 1.54) is 11.8 Å². The summed E-state index contributed by atoms with van der Waals surface area (Å²) in [5.74, 6) is 1.22. The first-order chi connectivity index (χ1) is 15.4. The van der Waals surface area contributed by atoms with Crippen molar-refractivity contribution in [3.63, 3.8) is 0 Å². The van der Waals surface area contributed by atoms with Gasteiger partial charge in [0.05, 0.1) is 12.9 Å². The second kappa shape index (κ2) is 9.58. The lowest BCUT2D eigenvalue weighted by atomic mass is 10.0. The third-order valence-electron chi connectivity index (χ3n) is 5.04. The van der Waals surface area contributed by atoms with E-state index in [-0.39, 0.29) is 11.7 Å². The summed E-state index contributed by atoms with van der Waals surface area (Å²) in [6.07, 6.45) is 0.658. The molecule has 0 aliphatic heterocycles. The van der Waals surface area contributed by atoms with Crippen molar-refractivity contribution in [2.24, 2.45) is 0 Å². The van der Waals surface area contributed by atoms with Gasteiger partial charge in [0, 0.05) is 34.6 Å². The highest BCUT2D eigenvalue weighted by Gasteiger charge is 2.16. The number of anilines is 1. The number of ether oxygens (including phenoxy) is 1. The first-order valence-electron chi connectivity index (χ1n) is 9.97. The molecule has 0 bridgehead atoms. The molecule has 0 radical (unpaired) electrons. The maximum atomic E-state index is 12.3. The number of hydrogen-bond acceptors (Lipinski definition) is 6. The summed E-state index contributed by atoms with van der Waals surface area (Å²) in [6.45, 7) is 3.95. The molecule has 2 aromatic carbocycles. The lowest BCUT2D eigenvalue weighted by Crippen LogP contribution is -2.14. The summed E-state index contributed by atoms with van der Waals surface area (Å²) in [6, 6.07) is 15.0. The highest BCUT2D eigenvalue weighted by atomic mass is 35.5. The maximum Gasteiger partial charge on any atom is 0.253 e. The number of thioether (sulfide) groups is 1. The van der Waals surface area contributed by atoms with Gasteiger partial charge in [0.1, 0.15) is 5.75 Å². The highest BCUT2D eigenvalue weighted by Crippen LogP contribution is 2.24. The van der Waals surface area contributed by atoms with Crippen LogP contribution in [-0.4, -0.2) is 38.4 Å². The van der Waals surface area contributed by atoms with Crippen molar-refractivity contribution in [1.82, 2.24) is 19.6 Å². The van der Waals surface area contributed by atoms with Crippen LogP contribution in [0.1, 0.15) is 22.5 Å². The quantitative estimate of drug-likeness (QED) is 0.396. The molecule has 1 amide bonds. The molecule has 0 fully saturated rings. The van der Waals surface area contributed by atoms with E-state index in [4.69, 9.17) is 16.3 Å². The van der Waals surface area contributed by atoms with E-state index in [1.54, 1.807) is 17.7 Å². The van der Waals surface area contributed by atoms with E-state index in [1.807, 2.05) is 56.3 Å². The topological polar surface area (TPSA) is 81.4 Å². The summed E-state index contributed by atoms with van der Waals surface area (Å²) >= 11 is 7.61. The van der Waals surface area contributed by atoms with Crippen LogP contribution in [0.25, 0.3) is 5.78 Å². The number of aromatic nitrogens is 4. The largest absolute Gasteiger partial charge is 0.497 e. The molecule has 7 nitrogen and oxygen atoms in total. The first-order valence-corrected chi connectivity index (χ1v) is 11.3. The third-order valence-corrected chi connectivity index (χ3v) is 6.25. The van der Waals surface area contributed by atoms with Crippen LogP contribution in [0.15, 0.2) is 53.7 Å². The molecule has 0 aliphatic carbocycles. The molecular weight excluding hydrogens is 446 g/mol. The van der Waals surface area contributed by atoms with Crippen molar-refractivity contribution in [3.8, 4) is 5.75 Å². The number of aryl methyl sites for hydroxylation is 2. The van der Waals surface area contributed by atoms with E-state index in [0.717, 1.165) is 27.5 Å². The minimum atomic E-state index is -0.151. The fourth-order valence-electron chi connectivity index (χ4n) is 3.37. The number of fused-ring (bicyclic) bond motifs is 1. The fraction of sp³-hybridized carbons (Fsp3) is 0.217. The monoisotopic (exact) mass is 467 g/mol. The number of methoxy groups -OCH3 is 1. The van der Waals surface area contributed by atoms with E-state index in [9.17, 15) is 4.79 Å². The number of carbonyl (C=O) groups excluding carboxylic acids is 1. The number of halogens is 1. The molecule has 2 aromatic heterocycles. The average Bonchev–Trinajstić information content (AvgIpc) is 3.19. The first kappa shape index (κ1) is 22.1. The van der Waals surface area contributed by atoms with Crippen LogP contribution in [0.3, 0.4) is 0 Å². The van der Waals surface area contributed by atoms with Gasteiger partial charge in [-0.2, -0.15) is 4.98 Å². The smallest absolute Gasteiger partial charge is 0.253 e. The Balaban J connectivity index is 1.49. The van der Waals surface area contributed by atoms with Gasteiger partial charge in [-0.3, -0.25) is 4.79 Å². The number of rotatable bonds is 7. The Kier molecular flexibility index (Phi) is 6.62. The molecule has 1 N–H and O–H groups in total. The number of amides is 1. The minimum absolute atomic E-state index is 0.151. The number of nitrogens with zero attached hydrogens (tertiary/aromatic N) is 4. The molecule has 2 heterocycles. The fourth-order valence-corrected chi connectivity index (χ4v) is 4.19. The van der Waals surface area contributed by atoms with Crippen LogP contribution in [0.4, 0.5) is 5.69 Å². The Labute approximate surface area is 195 Å². The Morgan fingerprint density at radius 3 is 2.75 bits per heavy atom. The highest BCUT2D eigenvalue weighted by molar-refractivity contribution is 7.99. The van der Waals surface area contributed by atoms with Gasteiger partial charge >= 0.3 is 0 Å². The maximum absolute atomic E-state index is 12.3. The van der Waals surface area contributed by atoms with Crippen LogP contribution in [-0.2, 0) is 11.2 Å². The zero-order valence-electron chi connectivity index (χ0n) is 17.9. The van der Waals surface area contributed by atoms with Crippen molar-refractivity contribution < 1.29 is 9.53 Å². The van der Waals surface area contributed by atoms with Crippen LogP contribution >= 0.6 is 23.4 Å². The van der Waals surface area contributed by atoms with Gasteiger partial charge in [0.25, 0.3) is 5.78 Å². The Hall–Kier alpha value is -3.10. The third kappa shape index (κ3) is 4.87. The van der Waals surface area contributed by atoms with Gasteiger partial charge in [-0.15, -0.1) is 5.10 Å². The molecular formula is C23H22ClN5O2S. The summed E-state index contributed by atoms with van der Waals surface area (Å²) in [5.41, 5.74) is 4.60. The lowest BCUT2D eigenvalue weighted by molar-refractivity contribution is -0.113. The van der Waals surface area contributed by atoms with E-state index >= 15 is 0 Å². The van der Waals surface area contributed by atoms with Crippen molar-refractivity contribution in [1.29, 1.82) is 0 Å². The van der Waals surface area contributed by atoms with E-state index < -0.39 is 0 Å². The van der Waals surface area contributed by atoms with Crippen LogP contribution in [0.2, 0.25) is 5.02 Å². The van der Waals surface area contributed by atoms with Gasteiger partial charge in [-0.25, -0.2) is 9.50 Å². The van der Waals surface area contributed by atoms with Gasteiger partial charge in [-0.1, -0.05) is 47.6 Å². The number of hydrogen-bond donors (Lipinski definition) is 1. The van der Waals surface area contributed by atoms with Gasteiger partial charge in [0.15, 0.2) is 0 Å². The van der Waals surface area contributed by atoms with Gasteiger partial charge < -0.3 is 10.1 Å². The zero-order chi connectivity index (χ0) is 22.7. The van der Waals surface area contributed by atoms with Crippen molar-refractivity contribution >= 4 is 40.7 Å². The predicted molar refractivity (Wildman–Crippen MR) is 127 cm³/mol. The molecule has 32 heavy (non-hydrogen) atoms. The number of nitrogens with one attached hydrogen (secondary N) is 1. The molecule has 9 heteroatoms. The molecule has 4 aromatic rings. The van der Waals surface area contributed by atoms with Crippen molar-refractivity contribution in [2.45, 2.75) is 25.4 Å². The zero-order valence-corrected chi connectivity index (χ0v) is 19.5. The lowest BCUT2D eigenvalue weighted by Gasteiger charge is -2.11. The Bertz CT molecular complexity index is 1290. The molecule has 0 saturated carbocycles. The second-order valence-corrected chi connectivity index (χ2v) is 8.55. The normalized spacial score (nSPS) is 11.0.